The quantitative estimate of drug-likeness (QED) is 0.551. The van der Waals surface area contributed by atoms with E-state index in [0.29, 0.717) is 23.5 Å². The summed E-state index contributed by atoms with van der Waals surface area (Å²) in [6.45, 7) is 0.336. The Kier molecular flexibility index (Phi) is 5.50. The molecule has 0 bridgehead atoms. The maximum absolute atomic E-state index is 12.2. The van der Waals surface area contributed by atoms with Gasteiger partial charge in [0.05, 0.1) is 11.3 Å². The first-order valence-corrected chi connectivity index (χ1v) is 8.88. The van der Waals surface area contributed by atoms with Crippen LogP contribution in [0.2, 0.25) is 0 Å². The van der Waals surface area contributed by atoms with Crippen molar-refractivity contribution < 1.29 is 9.59 Å². The smallest absolute Gasteiger partial charge is 0.319 e. The molecule has 0 aliphatic carbocycles. The second-order valence-corrected chi connectivity index (χ2v) is 6.31. The molecule has 0 spiro atoms. The molecule has 132 valence electrons. The Balaban J connectivity index is 1.56. The Morgan fingerprint density at radius 1 is 0.923 bits per heavy atom. The summed E-state index contributed by atoms with van der Waals surface area (Å²) < 4.78 is 0. The second kappa shape index (κ2) is 8.17. The van der Waals surface area contributed by atoms with Crippen molar-refractivity contribution in [2.24, 2.45) is 0 Å². The predicted molar refractivity (Wildman–Crippen MR) is 105 cm³/mol. The van der Waals surface area contributed by atoms with Crippen LogP contribution in [-0.2, 0) is 6.54 Å². The number of benzene rings is 2. The molecule has 0 saturated heterocycles. The lowest BCUT2D eigenvalue weighted by atomic mass is 10.2. The molecule has 0 unspecified atom stereocenters. The zero-order valence-electron chi connectivity index (χ0n) is 13.9. The summed E-state index contributed by atoms with van der Waals surface area (Å²) in [4.78, 5) is 24.1. The average Bonchev–Trinajstić information content (AvgIpc) is 3.07. The Morgan fingerprint density at radius 2 is 1.69 bits per heavy atom. The highest BCUT2D eigenvalue weighted by Gasteiger charge is 2.11. The summed E-state index contributed by atoms with van der Waals surface area (Å²) in [6.07, 6.45) is 0. The fraction of sp³-hybridized carbons (Fsp3) is 0.0526. The number of hydrogen-bond acceptors (Lipinski definition) is 4. The molecule has 1 aromatic heterocycles. The summed E-state index contributed by atoms with van der Waals surface area (Å²) in [7, 11) is 0. The highest BCUT2D eigenvalue weighted by atomic mass is 32.1. The molecule has 0 atom stereocenters. The third-order valence-corrected chi connectivity index (χ3v) is 4.37. The average molecular weight is 366 g/mol. The number of hydrogen-bond donors (Lipinski definition) is 4. The molecule has 0 aliphatic heterocycles. The number of nitrogens with two attached hydrogens (primary N) is 1. The van der Waals surface area contributed by atoms with E-state index in [1.807, 2.05) is 48.5 Å². The van der Waals surface area contributed by atoms with Crippen LogP contribution in [0.4, 0.5) is 21.9 Å². The number of urea groups is 1. The number of thiophene rings is 1. The number of nitrogen functional groups attached to an aromatic ring is 1. The first-order chi connectivity index (χ1) is 12.6. The number of carbonyl (C=O) groups is 2. The summed E-state index contributed by atoms with van der Waals surface area (Å²) in [6, 6.07) is 16.2. The van der Waals surface area contributed by atoms with Crippen molar-refractivity contribution in [3.8, 4) is 0 Å². The van der Waals surface area contributed by atoms with Crippen LogP contribution in [0.25, 0.3) is 0 Å². The lowest BCUT2D eigenvalue weighted by molar-refractivity contribution is 0.102. The molecular formula is C19H18N4O2S. The molecule has 0 radical (unpaired) electrons. The van der Waals surface area contributed by atoms with Gasteiger partial charge in [0.15, 0.2) is 0 Å². The van der Waals surface area contributed by atoms with E-state index in [0.717, 1.165) is 11.3 Å². The van der Waals surface area contributed by atoms with Crippen LogP contribution in [-0.4, -0.2) is 11.9 Å². The molecule has 7 heteroatoms. The van der Waals surface area contributed by atoms with E-state index in [-0.39, 0.29) is 11.9 Å². The van der Waals surface area contributed by atoms with Crippen LogP contribution >= 0.6 is 11.3 Å². The minimum Gasteiger partial charge on any atom is -0.397 e. The molecule has 3 rings (SSSR count). The summed E-state index contributed by atoms with van der Waals surface area (Å²) in [5.41, 5.74) is 8.91. The monoisotopic (exact) mass is 366 g/mol. The number of rotatable bonds is 5. The Morgan fingerprint density at radius 3 is 2.42 bits per heavy atom. The van der Waals surface area contributed by atoms with E-state index in [4.69, 9.17) is 5.73 Å². The molecule has 1 heterocycles. The first-order valence-electron chi connectivity index (χ1n) is 7.93. The van der Waals surface area contributed by atoms with E-state index < -0.39 is 0 Å². The summed E-state index contributed by atoms with van der Waals surface area (Å²) in [5, 5.41) is 11.8. The molecular weight excluding hydrogens is 348 g/mol. The maximum atomic E-state index is 12.2. The third-order valence-electron chi connectivity index (χ3n) is 3.61. The highest BCUT2D eigenvalue weighted by molar-refractivity contribution is 7.08. The number of carbonyl (C=O) groups excluding carboxylic acids is 2. The standard InChI is InChI=1S/C19H18N4O2S/c20-17-12-26-11-16(17)18(24)22-15-8-4-5-13(9-15)10-21-19(25)23-14-6-2-1-3-7-14/h1-9,11-12H,10,20H2,(H,22,24)(H2,21,23,25). The van der Waals surface area contributed by atoms with Crippen molar-refractivity contribution in [1.29, 1.82) is 0 Å². The van der Waals surface area contributed by atoms with Gasteiger partial charge in [0.1, 0.15) is 0 Å². The van der Waals surface area contributed by atoms with Crippen LogP contribution < -0.4 is 21.7 Å². The van der Waals surface area contributed by atoms with Crippen LogP contribution in [0.3, 0.4) is 0 Å². The van der Waals surface area contributed by atoms with Gasteiger partial charge in [-0.15, -0.1) is 11.3 Å². The van der Waals surface area contributed by atoms with Gasteiger partial charge in [0.25, 0.3) is 5.91 Å². The van der Waals surface area contributed by atoms with E-state index in [1.165, 1.54) is 11.3 Å². The van der Waals surface area contributed by atoms with Crippen molar-refractivity contribution >= 4 is 40.3 Å². The van der Waals surface area contributed by atoms with E-state index in [1.54, 1.807) is 16.8 Å². The molecule has 2 aromatic carbocycles. The zero-order valence-corrected chi connectivity index (χ0v) is 14.7. The number of anilines is 3. The highest BCUT2D eigenvalue weighted by Crippen LogP contribution is 2.19. The van der Waals surface area contributed by atoms with Gasteiger partial charge in [0, 0.05) is 28.7 Å². The largest absolute Gasteiger partial charge is 0.397 e. The fourth-order valence-electron chi connectivity index (χ4n) is 2.33. The maximum Gasteiger partial charge on any atom is 0.319 e. The molecule has 3 aromatic rings. The minimum absolute atomic E-state index is 0.254. The van der Waals surface area contributed by atoms with Crippen LogP contribution in [0.1, 0.15) is 15.9 Å². The van der Waals surface area contributed by atoms with Gasteiger partial charge in [-0.3, -0.25) is 4.79 Å². The molecule has 0 saturated carbocycles. The summed E-state index contributed by atoms with van der Waals surface area (Å²) >= 11 is 1.38. The van der Waals surface area contributed by atoms with Gasteiger partial charge < -0.3 is 21.7 Å². The van der Waals surface area contributed by atoms with E-state index in [2.05, 4.69) is 16.0 Å². The lowest BCUT2D eigenvalue weighted by Crippen LogP contribution is -2.28. The van der Waals surface area contributed by atoms with Crippen LogP contribution in [0, 0.1) is 0 Å². The molecule has 26 heavy (non-hydrogen) atoms. The summed E-state index contributed by atoms with van der Waals surface area (Å²) in [5.74, 6) is -0.254. The normalized spacial score (nSPS) is 10.2. The number of nitrogens with one attached hydrogen (secondary N) is 3. The van der Waals surface area contributed by atoms with Crippen LogP contribution in [0.15, 0.2) is 65.4 Å². The minimum atomic E-state index is -0.295. The van der Waals surface area contributed by atoms with Gasteiger partial charge in [-0.1, -0.05) is 30.3 Å². The topological polar surface area (TPSA) is 96.2 Å². The van der Waals surface area contributed by atoms with Crippen molar-refractivity contribution in [2.75, 3.05) is 16.4 Å². The van der Waals surface area contributed by atoms with Gasteiger partial charge in [0.2, 0.25) is 0 Å². The first kappa shape index (κ1) is 17.5. The van der Waals surface area contributed by atoms with Gasteiger partial charge in [-0.05, 0) is 29.8 Å². The van der Waals surface area contributed by atoms with E-state index >= 15 is 0 Å². The number of para-hydroxylation sites is 1. The van der Waals surface area contributed by atoms with Crippen LogP contribution in [0.5, 0.6) is 0 Å². The molecule has 0 fully saturated rings. The van der Waals surface area contributed by atoms with Crippen molar-refractivity contribution in [3.05, 3.63) is 76.5 Å². The van der Waals surface area contributed by atoms with Gasteiger partial charge in [-0.2, -0.15) is 0 Å². The Labute approximate surface area is 155 Å². The zero-order chi connectivity index (χ0) is 18.4. The van der Waals surface area contributed by atoms with Gasteiger partial charge >= 0.3 is 6.03 Å². The van der Waals surface area contributed by atoms with E-state index in [9.17, 15) is 9.59 Å². The SMILES string of the molecule is Nc1cscc1C(=O)Nc1cccc(CNC(=O)Nc2ccccc2)c1. The molecule has 6 nitrogen and oxygen atoms in total. The third kappa shape index (κ3) is 4.61. The Hall–Kier alpha value is -3.32. The fourth-order valence-corrected chi connectivity index (χ4v) is 3.05. The lowest BCUT2D eigenvalue weighted by Gasteiger charge is -2.10. The van der Waals surface area contributed by atoms with Crippen molar-refractivity contribution in [3.63, 3.8) is 0 Å². The second-order valence-electron chi connectivity index (χ2n) is 5.57. The van der Waals surface area contributed by atoms with Gasteiger partial charge in [-0.25, -0.2) is 4.79 Å². The molecule has 0 aliphatic rings. The van der Waals surface area contributed by atoms with Crippen molar-refractivity contribution in [2.45, 2.75) is 6.54 Å². The predicted octanol–water partition coefficient (Wildman–Crippen LogP) is 3.90. The number of amides is 3. The Bertz CT molecular complexity index is 909. The van der Waals surface area contributed by atoms with Crippen molar-refractivity contribution in [1.82, 2.24) is 5.32 Å². The molecule has 3 amide bonds. The molecule has 5 N–H and O–H groups in total.